The second kappa shape index (κ2) is 4.58. The molecular weight excluding hydrogens is 196 g/mol. The number of aliphatic hydroxyl groups is 1. The SMILES string of the molecule is CC(C)[C@@H]1CC[C@H](C)c2ccc(CO)cc21. The van der Waals surface area contributed by atoms with Crippen molar-refractivity contribution in [3.05, 3.63) is 34.9 Å². The largest absolute Gasteiger partial charge is 0.392 e. The van der Waals surface area contributed by atoms with Crippen molar-refractivity contribution in [2.45, 2.75) is 52.1 Å². The van der Waals surface area contributed by atoms with E-state index in [-0.39, 0.29) is 6.61 Å². The molecule has 88 valence electrons. The Morgan fingerprint density at radius 1 is 1.25 bits per heavy atom. The van der Waals surface area contributed by atoms with E-state index in [2.05, 4.69) is 39.0 Å². The maximum absolute atomic E-state index is 9.23. The normalized spacial score (nSPS) is 24.6. The van der Waals surface area contributed by atoms with E-state index in [0.717, 1.165) is 5.56 Å². The van der Waals surface area contributed by atoms with Crippen molar-refractivity contribution in [3.8, 4) is 0 Å². The first kappa shape index (κ1) is 11.7. The van der Waals surface area contributed by atoms with Crippen LogP contribution in [0.4, 0.5) is 0 Å². The highest BCUT2D eigenvalue weighted by molar-refractivity contribution is 5.38. The maximum Gasteiger partial charge on any atom is 0.0681 e. The minimum absolute atomic E-state index is 0.159. The molecule has 16 heavy (non-hydrogen) atoms. The molecule has 2 atom stereocenters. The number of hydrogen-bond acceptors (Lipinski definition) is 1. The summed E-state index contributed by atoms with van der Waals surface area (Å²) in [6.45, 7) is 7.08. The van der Waals surface area contributed by atoms with E-state index in [1.165, 1.54) is 24.0 Å². The number of fused-ring (bicyclic) bond motifs is 1. The van der Waals surface area contributed by atoms with Crippen LogP contribution >= 0.6 is 0 Å². The van der Waals surface area contributed by atoms with E-state index in [4.69, 9.17) is 0 Å². The molecule has 0 bridgehead atoms. The first-order valence-corrected chi connectivity index (χ1v) is 6.37. The van der Waals surface area contributed by atoms with Crippen LogP contribution in [0.5, 0.6) is 0 Å². The van der Waals surface area contributed by atoms with Crippen LogP contribution in [0.15, 0.2) is 18.2 Å². The predicted molar refractivity (Wildman–Crippen MR) is 67.6 cm³/mol. The zero-order valence-corrected chi connectivity index (χ0v) is 10.5. The van der Waals surface area contributed by atoms with Crippen molar-refractivity contribution in [2.24, 2.45) is 5.92 Å². The minimum Gasteiger partial charge on any atom is -0.392 e. The number of hydrogen-bond donors (Lipinski definition) is 1. The zero-order chi connectivity index (χ0) is 11.7. The Hall–Kier alpha value is -0.820. The number of aliphatic hydroxyl groups excluding tert-OH is 1. The third-order valence-corrected chi connectivity index (χ3v) is 3.98. The summed E-state index contributed by atoms with van der Waals surface area (Å²) < 4.78 is 0. The second-order valence-electron chi connectivity index (χ2n) is 5.45. The molecule has 1 N–H and O–H groups in total. The Kier molecular flexibility index (Phi) is 3.34. The van der Waals surface area contributed by atoms with Crippen LogP contribution in [-0.4, -0.2) is 5.11 Å². The van der Waals surface area contributed by atoms with Crippen molar-refractivity contribution in [3.63, 3.8) is 0 Å². The van der Waals surface area contributed by atoms with Crippen molar-refractivity contribution in [1.82, 2.24) is 0 Å². The summed E-state index contributed by atoms with van der Waals surface area (Å²) in [5.41, 5.74) is 4.04. The first-order valence-electron chi connectivity index (χ1n) is 6.37. The summed E-state index contributed by atoms with van der Waals surface area (Å²) >= 11 is 0. The lowest BCUT2D eigenvalue weighted by molar-refractivity contribution is 0.281. The molecule has 0 aromatic heterocycles. The lowest BCUT2D eigenvalue weighted by Crippen LogP contribution is -2.17. The summed E-state index contributed by atoms with van der Waals surface area (Å²) in [6.07, 6.45) is 2.59. The Labute approximate surface area is 98.5 Å². The number of rotatable bonds is 2. The average molecular weight is 218 g/mol. The maximum atomic E-state index is 9.23. The van der Waals surface area contributed by atoms with Crippen LogP contribution in [0.2, 0.25) is 0 Å². The van der Waals surface area contributed by atoms with Crippen LogP contribution in [0.3, 0.4) is 0 Å². The van der Waals surface area contributed by atoms with Gasteiger partial charge in [-0.3, -0.25) is 0 Å². The van der Waals surface area contributed by atoms with Gasteiger partial charge in [-0.05, 0) is 47.3 Å². The quantitative estimate of drug-likeness (QED) is 0.800. The topological polar surface area (TPSA) is 20.2 Å². The Balaban J connectivity index is 2.45. The van der Waals surface area contributed by atoms with Crippen LogP contribution in [0.1, 0.15) is 62.1 Å². The molecule has 0 unspecified atom stereocenters. The Morgan fingerprint density at radius 2 is 2.00 bits per heavy atom. The highest BCUT2D eigenvalue weighted by Crippen LogP contribution is 2.42. The second-order valence-corrected chi connectivity index (χ2v) is 5.45. The first-order chi connectivity index (χ1) is 7.63. The summed E-state index contributed by atoms with van der Waals surface area (Å²) in [6, 6.07) is 6.51. The molecule has 1 aromatic rings. The van der Waals surface area contributed by atoms with Gasteiger partial charge in [0.2, 0.25) is 0 Å². The predicted octanol–water partition coefficient (Wildman–Crippen LogP) is 3.82. The van der Waals surface area contributed by atoms with Crippen molar-refractivity contribution in [1.29, 1.82) is 0 Å². The molecule has 0 spiro atoms. The third-order valence-electron chi connectivity index (χ3n) is 3.98. The third kappa shape index (κ3) is 2.01. The summed E-state index contributed by atoms with van der Waals surface area (Å²) in [7, 11) is 0. The lowest BCUT2D eigenvalue weighted by Gasteiger charge is -2.32. The van der Waals surface area contributed by atoms with Gasteiger partial charge in [0.25, 0.3) is 0 Å². The molecule has 1 aliphatic carbocycles. The molecule has 0 radical (unpaired) electrons. The standard InChI is InChI=1S/C15H22O/c1-10(2)13-6-4-11(3)14-7-5-12(9-16)8-15(13)14/h5,7-8,10-11,13,16H,4,6,9H2,1-3H3/t11-,13-/m0/s1. The fourth-order valence-electron chi connectivity index (χ4n) is 2.93. The van der Waals surface area contributed by atoms with Gasteiger partial charge in [-0.2, -0.15) is 0 Å². The van der Waals surface area contributed by atoms with E-state index in [9.17, 15) is 5.11 Å². The van der Waals surface area contributed by atoms with Gasteiger partial charge in [0.15, 0.2) is 0 Å². The van der Waals surface area contributed by atoms with Crippen LogP contribution in [0, 0.1) is 5.92 Å². The number of benzene rings is 1. The lowest BCUT2D eigenvalue weighted by atomic mass is 9.73. The van der Waals surface area contributed by atoms with E-state index >= 15 is 0 Å². The van der Waals surface area contributed by atoms with Gasteiger partial charge >= 0.3 is 0 Å². The summed E-state index contributed by atoms with van der Waals surface area (Å²) in [4.78, 5) is 0. The van der Waals surface area contributed by atoms with E-state index in [0.29, 0.717) is 17.8 Å². The molecule has 1 aliphatic rings. The van der Waals surface area contributed by atoms with Crippen LogP contribution in [0.25, 0.3) is 0 Å². The molecule has 0 amide bonds. The molecule has 1 aromatic carbocycles. The van der Waals surface area contributed by atoms with Gasteiger partial charge in [-0.25, -0.2) is 0 Å². The molecule has 0 aliphatic heterocycles. The zero-order valence-electron chi connectivity index (χ0n) is 10.5. The molecule has 0 fully saturated rings. The van der Waals surface area contributed by atoms with Crippen molar-refractivity contribution in [2.75, 3.05) is 0 Å². The summed E-state index contributed by atoms with van der Waals surface area (Å²) in [5, 5.41) is 9.23. The fraction of sp³-hybridized carbons (Fsp3) is 0.600. The molecule has 0 saturated heterocycles. The van der Waals surface area contributed by atoms with Gasteiger partial charge in [0, 0.05) is 0 Å². The Bertz CT molecular complexity index is 368. The van der Waals surface area contributed by atoms with Gasteiger partial charge in [0.1, 0.15) is 0 Å². The van der Waals surface area contributed by atoms with E-state index in [1.54, 1.807) is 0 Å². The van der Waals surface area contributed by atoms with Gasteiger partial charge in [-0.1, -0.05) is 39.0 Å². The molecule has 0 heterocycles. The minimum atomic E-state index is 0.159. The summed E-state index contributed by atoms with van der Waals surface area (Å²) in [5.74, 6) is 2.05. The molecule has 2 rings (SSSR count). The molecule has 1 nitrogen and oxygen atoms in total. The van der Waals surface area contributed by atoms with Gasteiger partial charge < -0.3 is 5.11 Å². The van der Waals surface area contributed by atoms with Crippen LogP contribution in [-0.2, 0) is 6.61 Å². The molecular formula is C15H22O. The molecule has 0 saturated carbocycles. The van der Waals surface area contributed by atoms with Gasteiger partial charge in [0.05, 0.1) is 6.61 Å². The van der Waals surface area contributed by atoms with Crippen molar-refractivity contribution >= 4 is 0 Å². The average Bonchev–Trinajstić information content (AvgIpc) is 2.28. The monoisotopic (exact) mass is 218 g/mol. The molecule has 1 heteroatoms. The van der Waals surface area contributed by atoms with Gasteiger partial charge in [-0.15, -0.1) is 0 Å². The smallest absolute Gasteiger partial charge is 0.0681 e. The highest BCUT2D eigenvalue weighted by atomic mass is 16.3. The van der Waals surface area contributed by atoms with Crippen LogP contribution < -0.4 is 0 Å². The Morgan fingerprint density at radius 3 is 2.62 bits per heavy atom. The van der Waals surface area contributed by atoms with Crippen molar-refractivity contribution < 1.29 is 5.11 Å². The fourth-order valence-corrected chi connectivity index (χ4v) is 2.93. The van der Waals surface area contributed by atoms with E-state index in [1.807, 2.05) is 0 Å². The van der Waals surface area contributed by atoms with E-state index < -0.39 is 0 Å². The highest BCUT2D eigenvalue weighted by Gasteiger charge is 2.26.